The zero-order valence-electron chi connectivity index (χ0n) is 11.5. The van der Waals surface area contributed by atoms with E-state index in [-0.39, 0.29) is 29.8 Å². The Morgan fingerprint density at radius 1 is 1.35 bits per heavy atom. The minimum atomic E-state index is -0.491. The minimum Gasteiger partial charge on any atom is -0.390 e. The number of rotatable bonds is 3. The molecular weight excluding hydrogens is 367 g/mol. The molecule has 2 fully saturated rings. The van der Waals surface area contributed by atoms with E-state index < -0.39 is 6.10 Å². The molecule has 3 rings (SSSR count). The molecule has 1 aromatic rings. The summed E-state index contributed by atoms with van der Waals surface area (Å²) in [4.78, 5) is 12.4. The number of Topliss-reactive ketones (excluding diaryl/α,β-unsaturated/α-hetero) is 1. The first-order valence-corrected chi connectivity index (χ1v) is 8.29. The Morgan fingerprint density at radius 2 is 2.05 bits per heavy atom. The van der Waals surface area contributed by atoms with Gasteiger partial charge in [0.05, 0.1) is 24.2 Å². The van der Waals surface area contributed by atoms with Gasteiger partial charge in [0.15, 0.2) is 0 Å². The Hall–Kier alpha value is -0.460. The number of hydrogen-bond donors (Lipinski definition) is 1. The third-order valence-corrected chi connectivity index (χ3v) is 5.28. The number of ether oxygens (including phenoxy) is 1. The first-order valence-electron chi connectivity index (χ1n) is 7.22. The number of benzene rings is 1. The fourth-order valence-electron chi connectivity index (χ4n) is 3.60. The van der Waals surface area contributed by atoms with Crippen molar-refractivity contribution in [2.24, 2.45) is 5.92 Å². The Morgan fingerprint density at radius 3 is 2.70 bits per heavy atom. The van der Waals surface area contributed by atoms with Crippen molar-refractivity contribution in [2.75, 3.05) is 0 Å². The predicted octanol–water partition coefficient (Wildman–Crippen LogP) is 2.89. The third kappa shape index (κ3) is 2.53. The summed E-state index contributed by atoms with van der Waals surface area (Å²) in [6.45, 7) is 1.89. The van der Waals surface area contributed by atoms with E-state index in [9.17, 15) is 9.90 Å². The predicted molar refractivity (Wildman–Crippen MR) is 84.6 cm³/mol. The van der Waals surface area contributed by atoms with Gasteiger partial charge in [-0.1, -0.05) is 19.1 Å². The van der Waals surface area contributed by atoms with Crippen molar-refractivity contribution in [2.45, 2.75) is 50.4 Å². The fourth-order valence-corrected chi connectivity index (χ4v) is 3.96. The van der Waals surface area contributed by atoms with Crippen LogP contribution in [-0.2, 0) is 9.53 Å². The van der Waals surface area contributed by atoms with Gasteiger partial charge in [0, 0.05) is 16.4 Å². The van der Waals surface area contributed by atoms with Crippen LogP contribution in [0.5, 0.6) is 0 Å². The highest BCUT2D eigenvalue weighted by Gasteiger charge is 2.50. The van der Waals surface area contributed by atoms with Gasteiger partial charge in [0.1, 0.15) is 5.78 Å². The Labute approximate surface area is 132 Å². The lowest BCUT2D eigenvalue weighted by Crippen LogP contribution is -2.42. The maximum absolute atomic E-state index is 12.4. The molecule has 2 aliphatic heterocycles. The highest BCUT2D eigenvalue weighted by molar-refractivity contribution is 14.1. The van der Waals surface area contributed by atoms with Crippen LogP contribution >= 0.6 is 22.6 Å². The van der Waals surface area contributed by atoms with Gasteiger partial charge in [0.2, 0.25) is 0 Å². The fraction of sp³-hybridized carbons (Fsp3) is 0.562. The van der Waals surface area contributed by atoms with Crippen LogP contribution in [0.1, 0.15) is 37.7 Å². The molecule has 3 nitrogen and oxygen atoms in total. The third-order valence-electron chi connectivity index (χ3n) is 4.56. The van der Waals surface area contributed by atoms with Crippen LogP contribution in [0.25, 0.3) is 0 Å². The van der Waals surface area contributed by atoms with Crippen LogP contribution in [-0.4, -0.2) is 29.2 Å². The molecule has 0 amide bonds. The van der Waals surface area contributed by atoms with Crippen LogP contribution in [0.3, 0.4) is 0 Å². The lowest BCUT2D eigenvalue weighted by atomic mass is 9.76. The highest BCUT2D eigenvalue weighted by atomic mass is 127. The van der Waals surface area contributed by atoms with Crippen molar-refractivity contribution in [3.63, 3.8) is 0 Å². The standard InChI is InChI=1S/C16H19IO3/c1-2-13(18)15-12(9-3-5-10(17)6-4-9)7-11-8-14(19)16(15)20-11/h3-6,11-12,14-16,19H,2,7-8H2,1H3/t11?,12-,14?,15+,16-/m0/s1. The van der Waals surface area contributed by atoms with Crippen molar-refractivity contribution in [1.82, 2.24) is 0 Å². The molecule has 2 unspecified atom stereocenters. The van der Waals surface area contributed by atoms with E-state index in [1.165, 1.54) is 9.13 Å². The van der Waals surface area contributed by atoms with Gasteiger partial charge in [-0.2, -0.15) is 0 Å². The number of carbonyl (C=O) groups is 1. The lowest BCUT2D eigenvalue weighted by Gasteiger charge is -2.36. The van der Waals surface area contributed by atoms with E-state index >= 15 is 0 Å². The van der Waals surface area contributed by atoms with Gasteiger partial charge in [0.25, 0.3) is 0 Å². The maximum Gasteiger partial charge on any atom is 0.139 e. The van der Waals surface area contributed by atoms with E-state index in [1.54, 1.807) is 0 Å². The molecule has 0 spiro atoms. The zero-order chi connectivity index (χ0) is 14.3. The van der Waals surface area contributed by atoms with Crippen LogP contribution in [0.15, 0.2) is 24.3 Å². The van der Waals surface area contributed by atoms with Crippen LogP contribution < -0.4 is 0 Å². The van der Waals surface area contributed by atoms with Crippen molar-refractivity contribution in [3.05, 3.63) is 33.4 Å². The normalized spacial score (nSPS) is 36.0. The van der Waals surface area contributed by atoms with E-state index in [1.807, 2.05) is 6.92 Å². The smallest absolute Gasteiger partial charge is 0.139 e. The molecule has 1 aromatic carbocycles. The molecule has 0 saturated carbocycles. The molecule has 2 bridgehead atoms. The van der Waals surface area contributed by atoms with Gasteiger partial charge in [-0.25, -0.2) is 0 Å². The molecule has 2 aliphatic rings. The molecular formula is C16H19IO3. The Bertz CT molecular complexity index is 499. The average Bonchev–Trinajstić information content (AvgIpc) is 2.74. The van der Waals surface area contributed by atoms with Crippen LogP contribution in [0, 0.1) is 9.49 Å². The Balaban J connectivity index is 1.95. The summed E-state index contributed by atoms with van der Waals surface area (Å²) >= 11 is 2.29. The lowest BCUT2D eigenvalue weighted by molar-refractivity contribution is -0.137. The quantitative estimate of drug-likeness (QED) is 0.813. The topological polar surface area (TPSA) is 46.5 Å². The molecule has 1 N–H and O–H groups in total. The molecule has 20 heavy (non-hydrogen) atoms. The highest BCUT2D eigenvalue weighted by Crippen LogP contribution is 2.46. The molecule has 2 saturated heterocycles. The molecule has 2 heterocycles. The summed E-state index contributed by atoms with van der Waals surface area (Å²) in [5, 5.41) is 10.1. The van der Waals surface area contributed by atoms with Gasteiger partial charge in [-0.3, -0.25) is 4.79 Å². The van der Waals surface area contributed by atoms with Crippen molar-refractivity contribution in [1.29, 1.82) is 0 Å². The average molecular weight is 386 g/mol. The van der Waals surface area contributed by atoms with Crippen molar-refractivity contribution in [3.8, 4) is 0 Å². The second-order valence-corrected chi connectivity index (χ2v) is 7.01. The monoisotopic (exact) mass is 386 g/mol. The number of aliphatic hydroxyl groups is 1. The van der Waals surface area contributed by atoms with Gasteiger partial charge < -0.3 is 9.84 Å². The number of hydrogen-bond acceptors (Lipinski definition) is 3. The van der Waals surface area contributed by atoms with Crippen LogP contribution in [0.2, 0.25) is 0 Å². The number of halogens is 1. The molecule has 0 aliphatic carbocycles. The van der Waals surface area contributed by atoms with Gasteiger partial charge in [-0.15, -0.1) is 0 Å². The first-order chi connectivity index (χ1) is 9.60. The second kappa shape index (κ2) is 5.73. The summed E-state index contributed by atoms with van der Waals surface area (Å²) < 4.78 is 7.04. The summed E-state index contributed by atoms with van der Waals surface area (Å²) in [6, 6.07) is 8.38. The summed E-state index contributed by atoms with van der Waals surface area (Å²) in [6.07, 6.45) is 1.30. The van der Waals surface area contributed by atoms with Crippen molar-refractivity contribution >= 4 is 28.4 Å². The molecule has 108 valence electrons. The zero-order valence-corrected chi connectivity index (χ0v) is 13.6. The summed E-state index contributed by atoms with van der Waals surface area (Å²) in [7, 11) is 0. The number of carbonyl (C=O) groups excluding carboxylic acids is 1. The summed E-state index contributed by atoms with van der Waals surface area (Å²) in [5.74, 6) is 0.187. The molecule has 0 radical (unpaired) electrons. The van der Waals surface area contributed by atoms with Crippen molar-refractivity contribution < 1.29 is 14.6 Å². The van der Waals surface area contributed by atoms with E-state index in [2.05, 4.69) is 46.9 Å². The minimum absolute atomic E-state index is 0.0974. The number of ketones is 1. The van der Waals surface area contributed by atoms with Gasteiger partial charge >= 0.3 is 0 Å². The molecule has 5 atom stereocenters. The van der Waals surface area contributed by atoms with E-state index in [0.29, 0.717) is 12.8 Å². The second-order valence-electron chi connectivity index (χ2n) is 5.77. The first kappa shape index (κ1) is 14.5. The molecule has 4 heteroatoms. The van der Waals surface area contributed by atoms with Crippen LogP contribution in [0.4, 0.5) is 0 Å². The number of aliphatic hydroxyl groups excluding tert-OH is 1. The number of fused-ring (bicyclic) bond motifs is 2. The van der Waals surface area contributed by atoms with E-state index in [4.69, 9.17) is 4.74 Å². The molecule has 0 aromatic heterocycles. The Kier molecular flexibility index (Phi) is 4.15. The largest absolute Gasteiger partial charge is 0.390 e. The maximum atomic E-state index is 12.4. The SMILES string of the molecule is CCC(=O)[C@H]1[C@H](c2ccc(I)cc2)CC2CC(O)[C@@H]1O2. The van der Waals surface area contributed by atoms with E-state index in [0.717, 1.165) is 6.42 Å². The summed E-state index contributed by atoms with van der Waals surface area (Å²) in [5.41, 5.74) is 1.20. The van der Waals surface area contributed by atoms with Gasteiger partial charge in [-0.05, 0) is 52.6 Å².